The number of para-hydroxylation sites is 2. The Balaban J connectivity index is 2.16. The van der Waals surface area contributed by atoms with Gasteiger partial charge in [0.05, 0.1) is 0 Å². The first kappa shape index (κ1) is 13.4. The van der Waals surface area contributed by atoms with Gasteiger partial charge in [0.1, 0.15) is 11.3 Å². The lowest BCUT2D eigenvalue weighted by molar-refractivity contribution is 0.487. The molecule has 0 radical (unpaired) electrons. The Kier molecular flexibility index (Phi) is 3.48. The molecular formula is C18H18N2O. The molecule has 0 bridgehead atoms. The van der Waals surface area contributed by atoms with Crippen LogP contribution in [0.4, 0.5) is 5.69 Å². The third kappa shape index (κ3) is 2.42. The van der Waals surface area contributed by atoms with E-state index in [4.69, 9.17) is 15.5 Å². The number of nitrogens with zero attached hydrogens (tertiary/aromatic N) is 1. The number of aromatic nitrogens is 1. The predicted molar refractivity (Wildman–Crippen MR) is 86.8 cm³/mol. The number of benzene rings is 2. The molecule has 1 heterocycles. The highest BCUT2D eigenvalue weighted by molar-refractivity contribution is 5.95. The Morgan fingerprint density at radius 3 is 2.52 bits per heavy atom. The van der Waals surface area contributed by atoms with Crippen molar-refractivity contribution in [3.05, 3.63) is 59.8 Å². The predicted octanol–water partition coefficient (Wildman–Crippen LogP) is 4.48. The molecule has 0 aliphatic rings. The summed E-state index contributed by atoms with van der Waals surface area (Å²) in [7, 11) is 0. The van der Waals surface area contributed by atoms with Gasteiger partial charge in [-0.2, -0.15) is 0 Å². The first-order valence-electron chi connectivity index (χ1n) is 7.11. The molecule has 0 saturated heterocycles. The fourth-order valence-electron chi connectivity index (χ4n) is 2.59. The van der Waals surface area contributed by atoms with Crippen LogP contribution in [-0.2, 0) is 6.42 Å². The number of fused-ring (bicyclic) bond motifs is 1. The van der Waals surface area contributed by atoms with Crippen LogP contribution in [0.2, 0.25) is 0 Å². The SMILES string of the molecule is CCc1c(C)nc2c(Oc3ccccc3)cccc2c1N. The summed E-state index contributed by atoms with van der Waals surface area (Å²) in [5.74, 6) is 1.53. The molecule has 2 N–H and O–H groups in total. The highest BCUT2D eigenvalue weighted by atomic mass is 16.5. The number of hydrogen-bond donors (Lipinski definition) is 1. The molecule has 3 aromatic rings. The second kappa shape index (κ2) is 5.44. The highest BCUT2D eigenvalue weighted by Gasteiger charge is 2.12. The molecule has 0 aliphatic carbocycles. The Bertz CT molecular complexity index is 782. The molecule has 2 aromatic carbocycles. The van der Waals surface area contributed by atoms with E-state index in [1.807, 2.05) is 55.5 Å². The summed E-state index contributed by atoms with van der Waals surface area (Å²) < 4.78 is 5.96. The second-order valence-corrected chi connectivity index (χ2v) is 5.01. The summed E-state index contributed by atoms with van der Waals surface area (Å²) in [5, 5.41) is 0.950. The summed E-state index contributed by atoms with van der Waals surface area (Å²) in [4.78, 5) is 4.70. The van der Waals surface area contributed by atoms with Crippen molar-refractivity contribution in [1.82, 2.24) is 4.98 Å². The minimum Gasteiger partial charge on any atom is -0.455 e. The van der Waals surface area contributed by atoms with Gasteiger partial charge >= 0.3 is 0 Å². The molecule has 0 saturated carbocycles. The highest BCUT2D eigenvalue weighted by Crippen LogP contribution is 2.33. The van der Waals surface area contributed by atoms with Crippen LogP contribution < -0.4 is 10.5 Å². The smallest absolute Gasteiger partial charge is 0.153 e. The number of nitrogens with two attached hydrogens (primary N) is 1. The molecule has 0 spiro atoms. The van der Waals surface area contributed by atoms with Crippen LogP contribution in [0.15, 0.2) is 48.5 Å². The minimum absolute atomic E-state index is 0.733. The van der Waals surface area contributed by atoms with Gasteiger partial charge in [-0.15, -0.1) is 0 Å². The van der Waals surface area contributed by atoms with E-state index in [1.165, 1.54) is 0 Å². The van der Waals surface area contributed by atoms with Crippen LogP contribution in [0.5, 0.6) is 11.5 Å². The van der Waals surface area contributed by atoms with Crippen LogP contribution >= 0.6 is 0 Å². The summed E-state index contributed by atoms with van der Waals surface area (Å²) in [5.41, 5.74) is 9.99. The average Bonchev–Trinajstić information content (AvgIpc) is 2.50. The standard InChI is InChI=1S/C18H18N2O/c1-3-14-12(2)20-18-15(17(14)19)10-7-11-16(18)21-13-8-5-4-6-9-13/h4-11H,3H2,1-2H3,(H2,19,20). The van der Waals surface area contributed by atoms with Gasteiger partial charge in [-0.3, -0.25) is 0 Å². The van der Waals surface area contributed by atoms with Crippen molar-refractivity contribution in [3.63, 3.8) is 0 Å². The van der Waals surface area contributed by atoms with Crippen molar-refractivity contribution in [2.45, 2.75) is 20.3 Å². The maximum absolute atomic E-state index is 6.30. The fraction of sp³-hybridized carbons (Fsp3) is 0.167. The van der Waals surface area contributed by atoms with Crippen molar-refractivity contribution in [2.24, 2.45) is 0 Å². The molecule has 3 heteroatoms. The lowest BCUT2D eigenvalue weighted by Gasteiger charge is -2.13. The second-order valence-electron chi connectivity index (χ2n) is 5.01. The van der Waals surface area contributed by atoms with Crippen molar-refractivity contribution < 1.29 is 4.74 Å². The molecule has 0 fully saturated rings. The van der Waals surface area contributed by atoms with Crippen molar-refractivity contribution >= 4 is 16.6 Å². The zero-order chi connectivity index (χ0) is 14.8. The van der Waals surface area contributed by atoms with E-state index in [1.54, 1.807) is 0 Å². The Morgan fingerprint density at radius 1 is 1.05 bits per heavy atom. The first-order chi connectivity index (χ1) is 10.2. The molecule has 0 unspecified atom stereocenters. The van der Waals surface area contributed by atoms with E-state index in [2.05, 4.69) is 6.92 Å². The van der Waals surface area contributed by atoms with Gasteiger partial charge in [-0.1, -0.05) is 37.3 Å². The van der Waals surface area contributed by atoms with Crippen LogP contribution in [-0.4, -0.2) is 4.98 Å². The van der Waals surface area contributed by atoms with Gasteiger partial charge in [-0.25, -0.2) is 4.98 Å². The fourth-order valence-corrected chi connectivity index (χ4v) is 2.59. The van der Waals surface area contributed by atoms with Gasteiger partial charge in [0, 0.05) is 16.8 Å². The zero-order valence-corrected chi connectivity index (χ0v) is 12.3. The molecule has 0 amide bonds. The quantitative estimate of drug-likeness (QED) is 0.768. The maximum Gasteiger partial charge on any atom is 0.153 e. The van der Waals surface area contributed by atoms with Gasteiger partial charge in [0.15, 0.2) is 5.75 Å². The number of rotatable bonds is 3. The normalized spacial score (nSPS) is 10.8. The lowest BCUT2D eigenvalue weighted by atomic mass is 10.0. The maximum atomic E-state index is 6.30. The molecule has 106 valence electrons. The minimum atomic E-state index is 0.733. The van der Waals surface area contributed by atoms with E-state index < -0.39 is 0 Å². The monoisotopic (exact) mass is 278 g/mol. The third-order valence-electron chi connectivity index (χ3n) is 3.66. The van der Waals surface area contributed by atoms with Crippen molar-refractivity contribution in [1.29, 1.82) is 0 Å². The lowest BCUT2D eigenvalue weighted by Crippen LogP contribution is -2.01. The Morgan fingerprint density at radius 2 is 1.81 bits per heavy atom. The summed E-state index contributed by atoms with van der Waals surface area (Å²) in [6, 6.07) is 15.6. The average molecular weight is 278 g/mol. The molecule has 21 heavy (non-hydrogen) atoms. The van der Waals surface area contributed by atoms with Crippen LogP contribution in [0.3, 0.4) is 0 Å². The van der Waals surface area contributed by atoms with Gasteiger partial charge in [0.2, 0.25) is 0 Å². The first-order valence-corrected chi connectivity index (χ1v) is 7.11. The van der Waals surface area contributed by atoms with Crippen LogP contribution in [0, 0.1) is 6.92 Å². The number of aryl methyl sites for hydroxylation is 1. The van der Waals surface area contributed by atoms with E-state index in [-0.39, 0.29) is 0 Å². The summed E-state index contributed by atoms with van der Waals surface area (Å²) in [6.45, 7) is 4.09. The topological polar surface area (TPSA) is 48.1 Å². The van der Waals surface area contributed by atoms with Crippen LogP contribution in [0.25, 0.3) is 10.9 Å². The number of hydrogen-bond acceptors (Lipinski definition) is 3. The van der Waals surface area contributed by atoms with E-state index in [0.29, 0.717) is 0 Å². The number of nitrogen functional groups attached to an aromatic ring is 1. The molecular weight excluding hydrogens is 260 g/mol. The number of pyridine rings is 1. The molecule has 3 nitrogen and oxygen atoms in total. The Hall–Kier alpha value is -2.55. The summed E-state index contributed by atoms with van der Waals surface area (Å²) in [6.07, 6.45) is 0.879. The van der Waals surface area contributed by atoms with Gasteiger partial charge in [0.25, 0.3) is 0 Å². The van der Waals surface area contributed by atoms with Crippen LogP contribution in [0.1, 0.15) is 18.2 Å². The summed E-state index contributed by atoms with van der Waals surface area (Å²) >= 11 is 0. The third-order valence-corrected chi connectivity index (χ3v) is 3.66. The van der Waals surface area contributed by atoms with E-state index in [0.717, 1.165) is 45.8 Å². The van der Waals surface area contributed by atoms with Crippen molar-refractivity contribution in [3.8, 4) is 11.5 Å². The molecule has 0 aliphatic heterocycles. The molecule has 1 aromatic heterocycles. The van der Waals surface area contributed by atoms with Crippen molar-refractivity contribution in [2.75, 3.05) is 5.73 Å². The van der Waals surface area contributed by atoms with E-state index in [9.17, 15) is 0 Å². The van der Waals surface area contributed by atoms with E-state index >= 15 is 0 Å². The van der Waals surface area contributed by atoms with Gasteiger partial charge in [-0.05, 0) is 37.1 Å². The van der Waals surface area contributed by atoms with Gasteiger partial charge < -0.3 is 10.5 Å². The zero-order valence-electron chi connectivity index (χ0n) is 12.3. The number of ether oxygens (including phenoxy) is 1. The number of anilines is 1. The molecule has 0 atom stereocenters. The Labute approximate surface area is 124 Å². The molecule has 3 rings (SSSR count). The largest absolute Gasteiger partial charge is 0.455 e.